The third kappa shape index (κ3) is 5.76. The minimum Gasteiger partial charge on any atom is -0.469 e. The van der Waals surface area contributed by atoms with Crippen LogP contribution in [0.2, 0.25) is 0 Å². The van der Waals surface area contributed by atoms with Crippen LogP contribution in [0.4, 0.5) is 0 Å². The number of carbonyl (C=O) groups is 2. The molecule has 0 aromatic heterocycles. The summed E-state index contributed by atoms with van der Waals surface area (Å²) in [7, 11) is 1.42. The number of nitrogens with one attached hydrogen (secondary N) is 1. The smallest absolute Gasteiger partial charge is 0.306 e. The Kier molecular flexibility index (Phi) is 5.99. The highest BCUT2D eigenvalue weighted by Crippen LogP contribution is 2.51. The third-order valence-electron chi connectivity index (χ3n) is 3.05. The van der Waals surface area contributed by atoms with Crippen molar-refractivity contribution in [2.75, 3.05) is 25.2 Å². The van der Waals surface area contributed by atoms with Crippen molar-refractivity contribution in [3.05, 3.63) is 0 Å². The Hall–Kier alpha value is -0.710. The van der Waals surface area contributed by atoms with Crippen LogP contribution in [0.15, 0.2) is 0 Å². The first-order valence-electron chi connectivity index (χ1n) is 6.39. The molecule has 1 saturated carbocycles. The van der Waals surface area contributed by atoms with Gasteiger partial charge < -0.3 is 10.1 Å². The molecule has 0 spiro atoms. The number of esters is 1. The van der Waals surface area contributed by atoms with E-state index in [1.165, 1.54) is 7.11 Å². The maximum absolute atomic E-state index is 11.5. The standard InChI is InChI=1S/C13H23NO3S/c1-10(2)7-14-11(15)8-18-9-13(4-5-13)6-12(16)17-3/h10H,4-9H2,1-3H3,(H,14,15). The van der Waals surface area contributed by atoms with Crippen molar-refractivity contribution in [2.45, 2.75) is 33.1 Å². The Morgan fingerprint density at radius 3 is 2.56 bits per heavy atom. The second-order valence-electron chi connectivity index (χ2n) is 5.44. The van der Waals surface area contributed by atoms with Crippen LogP contribution < -0.4 is 5.32 Å². The summed E-state index contributed by atoms with van der Waals surface area (Å²) in [6.45, 7) is 4.87. The van der Waals surface area contributed by atoms with E-state index in [-0.39, 0.29) is 17.3 Å². The zero-order valence-electron chi connectivity index (χ0n) is 11.5. The van der Waals surface area contributed by atoms with E-state index in [0.717, 1.165) is 25.1 Å². The molecule has 1 amide bonds. The lowest BCUT2D eigenvalue weighted by Crippen LogP contribution is -2.29. The van der Waals surface area contributed by atoms with Crippen LogP contribution in [-0.4, -0.2) is 37.0 Å². The van der Waals surface area contributed by atoms with E-state index in [1.807, 2.05) is 0 Å². The first kappa shape index (κ1) is 15.3. The number of amides is 1. The summed E-state index contributed by atoms with van der Waals surface area (Å²) in [5.74, 6) is 1.78. The number of hydrogen-bond donors (Lipinski definition) is 1. The summed E-state index contributed by atoms with van der Waals surface area (Å²) < 4.78 is 4.69. The summed E-state index contributed by atoms with van der Waals surface area (Å²) in [5.41, 5.74) is 0.107. The zero-order valence-corrected chi connectivity index (χ0v) is 12.3. The molecule has 1 rings (SSSR count). The van der Waals surface area contributed by atoms with Gasteiger partial charge in [-0.2, -0.15) is 11.8 Å². The fourth-order valence-electron chi connectivity index (χ4n) is 1.66. The second-order valence-corrected chi connectivity index (χ2v) is 6.43. The fraction of sp³-hybridized carbons (Fsp3) is 0.846. The predicted molar refractivity (Wildman–Crippen MR) is 73.5 cm³/mol. The molecule has 18 heavy (non-hydrogen) atoms. The normalized spacial score (nSPS) is 16.4. The molecule has 0 radical (unpaired) electrons. The molecule has 0 unspecified atom stereocenters. The van der Waals surface area contributed by atoms with Gasteiger partial charge in [-0.15, -0.1) is 0 Å². The second kappa shape index (κ2) is 7.02. The fourth-order valence-corrected chi connectivity index (χ4v) is 2.87. The molecule has 0 heterocycles. The highest BCUT2D eigenvalue weighted by molar-refractivity contribution is 7.99. The minimum absolute atomic E-state index is 0.0857. The van der Waals surface area contributed by atoms with Gasteiger partial charge in [0.2, 0.25) is 5.91 Å². The molecule has 1 fully saturated rings. The lowest BCUT2D eigenvalue weighted by atomic mass is 10.1. The maximum atomic E-state index is 11.5. The molecule has 1 N–H and O–H groups in total. The van der Waals surface area contributed by atoms with Gasteiger partial charge in [0.1, 0.15) is 0 Å². The van der Waals surface area contributed by atoms with Crippen molar-refractivity contribution in [1.82, 2.24) is 5.32 Å². The van der Waals surface area contributed by atoms with Gasteiger partial charge >= 0.3 is 5.97 Å². The van der Waals surface area contributed by atoms with Crippen LogP contribution >= 0.6 is 11.8 Å². The Balaban J connectivity index is 2.14. The minimum atomic E-state index is -0.141. The molecule has 0 aliphatic heterocycles. The van der Waals surface area contributed by atoms with Gasteiger partial charge in [-0.3, -0.25) is 9.59 Å². The van der Waals surface area contributed by atoms with E-state index >= 15 is 0 Å². The van der Waals surface area contributed by atoms with Crippen LogP contribution in [0.25, 0.3) is 0 Å². The third-order valence-corrected chi connectivity index (χ3v) is 4.34. The maximum Gasteiger partial charge on any atom is 0.306 e. The molecule has 0 bridgehead atoms. The highest BCUT2D eigenvalue weighted by Gasteiger charge is 2.44. The predicted octanol–water partition coefficient (Wildman–Crippen LogP) is 1.84. The van der Waals surface area contributed by atoms with Crippen molar-refractivity contribution in [1.29, 1.82) is 0 Å². The molecule has 4 nitrogen and oxygen atoms in total. The molecular formula is C13H23NO3S. The van der Waals surface area contributed by atoms with E-state index in [9.17, 15) is 9.59 Å². The van der Waals surface area contributed by atoms with E-state index < -0.39 is 0 Å². The molecule has 1 aliphatic rings. The van der Waals surface area contributed by atoms with Crippen LogP contribution in [0.1, 0.15) is 33.1 Å². The lowest BCUT2D eigenvalue weighted by molar-refractivity contribution is -0.141. The number of thioether (sulfide) groups is 1. The van der Waals surface area contributed by atoms with Crippen molar-refractivity contribution in [3.63, 3.8) is 0 Å². The Labute approximate surface area is 113 Å². The van der Waals surface area contributed by atoms with Crippen molar-refractivity contribution in [2.24, 2.45) is 11.3 Å². The number of hydrogen-bond acceptors (Lipinski definition) is 4. The summed E-state index contributed by atoms with van der Waals surface area (Å²) in [6.07, 6.45) is 2.63. The van der Waals surface area contributed by atoms with Gasteiger partial charge in [0, 0.05) is 6.54 Å². The van der Waals surface area contributed by atoms with Crippen LogP contribution in [0.5, 0.6) is 0 Å². The first-order valence-corrected chi connectivity index (χ1v) is 7.54. The summed E-state index contributed by atoms with van der Waals surface area (Å²) in [4.78, 5) is 22.7. The van der Waals surface area contributed by atoms with E-state index in [0.29, 0.717) is 18.1 Å². The van der Waals surface area contributed by atoms with Crippen molar-refractivity contribution in [3.8, 4) is 0 Å². The van der Waals surface area contributed by atoms with Crippen LogP contribution in [-0.2, 0) is 14.3 Å². The number of rotatable bonds is 8. The van der Waals surface area contributed by atoms with Crippen molar-refractivity contribution < 1.29 is 14.3 Å². The van der Waals surface area contributed by atoms with Gasteiger partial charge in [0.15, 0.2) is 0 Å². The largest absolute Gasteiger partial charge is 0.469 e. The summed E-state index contributed by atoms with van der Waals surface area (Å²) in [5, 5.41) is 2.89. The molecular weight excluding hydrogens is 250 g/mol. The molecule has 5 heteroatoms. The molecule has 0 aromatic rings. The van der Waals surface area contributed by atoms with Gasteiger partial charge in [-0.1, -0.05) is 13.8 Å². The quantitative estimate of drug-likeness (QED) is 0.686. The Bertz CT molecular complexity index is 301. The van der Waals surface area contributed by atoms with E-state index in [1.54, 1.807) is 11.8 Å². The number of ether oxygens (including phenoxy) is 1. The average Bonchev–Trinajstić information content (AvgIpc) is 3.06. The highest BCUT2D eigenvalue weighted by atomic mass is 32.2. The first-order chi connectivity index (χ1) is 8.47. The van der Waals surface area contributed by atoms with E-state index in [4.69, 9.17) is 4.74 Å². The van der Waals surface area contributed by atoms with Crippen molar-refractivity contribution >= 4 is 23.6 Å². The zero-order chi connectivity index (χ0) is 13.6. The SMILES string of the molecule is COC(=O)CC1(CSCC(=O)NCC(C)C)CC1. The Morgan fingerprint density at radius 2 is 2.06 bits per heavy atom. The van der Waals surface area contributed by atoms with E-state index in [2.05, 4.69) is 19.2 Å². The number of methoxy groups -OCH3 is 1. The molecule has 104 valence electrons. The Morgan fingerprint density at radius 1 is 1.39 bits per heavy atom. The van der Waals surface area contributed by atoms with Gasteiger partial charge in [0.25, 0.3) is 0 Å². The van der Waals surface area contributed by atoms with Gasteiger partial charge in [-0.05, 0) is 29.9 Å². The molecule has 0 saturated heterocycles. The summed E-state index contributed by atoms with van der Waals surface area (Å²) in [6, 6.07) is 0. The summed E-state index contributed by atoms with van der Waals surface area (Å²) >= 11 is 1.62. The number of carbonyl (C=O) groups excluding carboxylic acids is 2. The average molecular weight is 273 g/mol. The molecule has 0 aromatic carbocycles. The van der Waals surface area contributed by atoms with Gasteiger partial charge in [0.05, 0.1) is 19.3 Å². The monoisotopic (exact) mass is 273 g/mol. The topological polar surface area (TPSA) is 55.4 Å². The lowest BCUT2D eigenvalue weighted by Gasteiger charge is -2.13. The molecule has 0 atom stereocenters. The van der Waals surface area contributed by atoms with Gasteiger partial charge in [-0.25, -0.2) is 0 Å². The van der Waals surface area contributed by atoms with Crippen LogP contribution in [0.3, 0.4) is 0 Å². The van der Waals surface area contributed by atoms with Crippen LogP contribution in [0, 0.1) is 11.3 Å². The molecule has 1 aliphatic carbocycles.